The molecule has 80 valence electrons. The van der Waals surface area contributed by atoms with Crippen LogP contribution < -0.4 is 0 Å². The number of azide groups is 1. The Kier molecular flexibility index (Phi) is 6.85. The Morgan fingerprint density at radius 3 is 2.50 bits per heavy atom. The van der Waals surface area contributed by atoms with Crippen molar-refractivity contribution in [3.8, 4) is 0 Å². The van der Waals surface area contributed by atoms with E-state index in [1.54, 1.807) is 0 Å². The molecule has 0 unspecified atom stereocenters. The molecule has 0 saturated carbocycles. The molecule has 4 nitrogen and oxygen atoms in total. The highest BCUT2D eigenvalue weighted by atomic mass is 16.1. The molecule has 0 radical (unpaired) electrons. The Morgan fingerprint density at radius 2 is 2.07 bits per heavy atom. The number of carbonyl (C=O) groups is 1. The number of hydrogen-bond donors (Lipinski definition) is 0. The summed E-state index contributed by atoms with van der Waals surface area (Å²) in [6.45, 7) is 6.20. The summed E-state index contributed by atoms with van der Waals surface area (Å²) in [5.74, 6) is 0.665. The fraction of sp³-hybridized carbons (Fsp3) is 0.900. The summed E-state index contributed by atoms with van der Waals surface area (Å²) in [5, 5.41) is 3.81. The van der Waals surface area contributed by atoms with E-state index in [0.717, 1.165) is 19.1 Å². The van der Waals surface area contributed by atoms with E-state index < -0.39 is 0 Å². The summed E-state index contributed by atoms with van der Waals surface area (Å²) in [7, 11) is 0. The third-order valence-electron chi connectivity index (χ3n) is 2.73. The minimum absolute atomic E-state index is 0.0185. The van der Waals surface area contributed by atoms with Gasteiger partial charge in [-0.3, -0.25) is 0 Å². The van der Waals surface area contributed by atoms with Crippen molar-refractivity contribution in [1.29, 1.82) is 0 Å². The van der Waals surface area contributed by atoms with Crippen LogP contribution in [0.5, 0.6) is 0 Å². The first kappa shape index (κ1) is 13.0. The molecule has 0 amide bonds. The molecule has 0 aromatic rings. The second-order valence-corrected chi connectivity index (χ2v) is 3.80. The van der Waals surface area contributed by atoms with E-state index in [1.807, 2.05) is 6.92 Å². The minimum Gasteiger partial charge on any atom is -0.303 e. The molecular formula is C10H19N3O. The molecule has 0 aromatic carbocycles. The van der Waals surface area contributed by atoms with Gasteiger partial charge in [0.1, 0.15) is 6.29 Å². The lowest BCUT2D eigenvalue weighted by atomic mass is 9.87. The number of nitrogens with zero attached hydrogens (tertiary/aromatic N) is 3. The van der Waals surface area contributed by atoms with Crippen molar-refractivity contribution < 1.29 is 4.79 Å². The highest BCUT2D eigenvalue weighted by Gasteiger charge is 2.20. The molecule has 0 aliphatic rings. The SMILES string of the molecule is CC[C@H](C)[C@@H](N=[N+]=[N-])[C@@H](C)CCC=O. The number of rotatable bonds is 7. The van der Waals surface area contributed by atoms with E-state index in [4.69, 9.17) is 5.53 Å². The van der Waals surface area contributed by atoms with Crippen LogP contribution >= 0.6 is 0 Å². The van der Waals surface area contributed by atoms with Crippen LogP contribution in [0.2, 0.25) is 0 Å². The predicted molar refractivity (Wildman–Crippen MR) is 56.9 cm³/mol. The first-order valence-corrected chi connectivity index (χ1v) is 5.15. The fourth-order valence-corrected chi connectivity index (χ4v) is 1.59. The first-order chi connectivity index (χ1) is 6.67. The van der Waals surface area contributed by atoms with E-state index >= 15 is 0 Å². The third kappa shape index (κ3) is 4.28. The molecule has 0 aromatic heterocycles. The summed E-state index contributed by atoms with van der Waals surface area (Å²) in [6.07, 6.45) is 3.27. The van der Waals surface area contributed by atoms with Crippen LogP contribution in [-0.4, -0.2) is 12.3 Å². The predicted octanol–water partition coefficient (Wildman–Crippen LogP) is 3.33. The van der Waals surface area contributed by atoms with Crippen LogP contribution in [0.4, 0.5) is 0 Å². The molecule has 0 saturated heterocycles. The van der Waals surface area contributed by atoms with Gasteiger partial charge in [-0.2, -0.15) is 0 Å². The highest BCUT2D eigenvalue weighted by Crippen LogP contribution is 2.23. The normalized spacial score (nSPS) is 16.5. The summed E-state index contributed by atoms with van der Waals surface area (Å²) >= 11 is 0. The summed E-state index contributed by atoms with van der Waals surface area (Å²) in [4.78, 5) is 13.1. The highest BCUT2D eigenvalue weighted by molar-refractivity contribution is 5.49. The lowest BCUT2D eigenvalue weighted by Gasteiger charge is -2.23. The first-order valence-electron chi connectivity index (χ1n) is 5.15. The van der Waals surface area contributed by atoms with Crippen molar-refractivity contribution in [1.82, 2.24) is 0 Å². The third-order valence-corrected chi connectivity index (χ3v) is 2.73. The summed E-state index contributed by atoms with van der Waals surface area (Å²) < 4.78 is 0. The molecule has 0 bridgehead atoms. The molecule has 14 heavy (non-hydrogen) atoms. The maximum Gasteiger partial charge on any atom is 0.120 e. The van der Waals surface area contributed by atoms with Crippen LogP contribution in [0.1, 0.15) is 40.0 Å². The topological polar surface area (TPSA) is 65.8 Å². The van der Waals surface area contributed by atoms with Crippen molar-refractivity contribution in [3.05, 3.63) is 10.4 Å². The second-order valence-electron chi connectivity index (χ2n) is 3.80. The van der Waals surface area contributed by atoms with Gasteiger partial charge < -0.3 is 4.79 Å². The maximum absolute atomic E-state index is 10.2. The van der Waals surface area contributed by atoms with Crippen LogP contribution in [-0.2, 0) is 4.79 Å². The molecule has 0 N–H and O–H groups in total. The molecule has 0 rings (SSSR count). The zero-order valence-corrected chi connectivity index (χ0v) is 9.18. The largest absolute Gasteiger partial charge is 0.303 e. The zero-order valence-electron chi connectivity index (χ0n) is 9.18. The van der Waals surface area contributed by atoms with Crippen LogP contribution in [0.15, 0.2) is 5.11 Å². The van der Waals surface area contributed by atoms with Crippen molar-refractivity contribution in [2.75, 3.05) is 0 Å². The summed E-state index contributed by atoms with van der Waals surface area (Å²) in [5.41, 5.74) is 8.44. The Labute approximate surface area is 85.3 Å². The smallest absolute Gasteiger partial charge is 0.120 e. The average Bonchev–Trinajstić information content (AvgIpc) is 2.21. The van der Waals surface area contributed by atoms with Gasteiger partial charge in [0.15, 0.2) is 0 Å². The second kappa shape index (κ2) is 7.39. The zero-order chi connectivity index (χ0) is 11.0. The molecule has 3 atom stereocenters. The van der Waals surface area contributed by atoms with E-state index in [2.05, 4.69) is 23.9 Å². The molecule has 0 heterocycles. The van der Waals surface area contributed by atoms with Gasteiger partial charge in [0, 0.05) is 17.4 Å². The monoisotopic (exact) mass is 197 g/mol. The van der Waals surface area contributed by atoms with Crippen LogP contribution in [0.25, 0.3) is 10.4 Å². The van der Waals surface area contributed by atoms with Crippen molar-refractivity contribution in [2.24, 2.45) is 17.0 Å². The van der Waals surface area contributed by atoms with Gasteiger partial charge in [-0.25, -0.2) is 0 Å². The molecule has 0 aliphatic carbocycles. The van der Waals surface area contributed by atoms with Crippen molar-refractivity contribution >= 4 is 6.29 Å². The van der Waals surface area contributed by atoms with Crippen LogP contribution in [0, 0.1) is 11.8 Å². The number of hydrogen-bond acceptors (Lipinski definition) is 2. The van der Waals surface area contributed by atoms with E-state index in [9.17, 15) is 4.79 Å². The van der Waals surface area contributed by atoms with Crippen molar-refractivity contribution in [3.63, 3.8) is 0 Å². The standard InChI is InChI=1S/C10H19N3O/c1-4-8(2)10(12-13-11)9(3)6-5-7-14/h7-10H,4-6H2,1-3H3/t8-,9-,10+/m0/s1. The van der Waals surface area contributed by atoms with Crippen molar-refractivity contribution in [2.45, 2.75) is 46.1 Å². The molecular weight excluding hydrogens is 178 g/mol. The van der Waals surface area contributed by atoms with Gasteiger partial charge in [-0.15, -0.1) is 0 Å². The Hall–Kier alpha value is -1.02. The number of aldehydes is 1. The van der Waals surface area contributed by atoms with Gasteiger partial charge in [-0.1, -0.05) is 32.3 Å². The molecule has 0 aliphatic heterocycles. The van der Waals surface area contributed by atoms with Gasteiger partial charge in [0.25, 0.3) is 0 Å². The Morgan fingerprint density at radius 1 is 1.43 bits per heavy atom. The quantitative estimate of drug-likeness (QED) is 0.267. The minimum atomic E-state index is 0.0185. The average molecular weight is 197 g/mol. The van der Waals surface area contributed by atoms with E-state index in [0.29, 0.717) is 12.3 Å². The van der Waals surface area contributed by atoms with E-state index in [1.165, 1.54) is 0 Å². The van der Waals surface area contributed by atoms with Crippen LogP contribution in [0.3, 0.4) is 0 Å². The van der Waals surface area contributed by atoms with E-state index in [-0.39, 0.29) is 12.0 Å². The van der Waals surface area contributed by atoms with Gasteiger partial charge >= 0.3 is 0 Å². The van der Waals surface area contributed by atoms with Gasteiger partial charge in [0.2, 0.25) is 0 Å². The Bertz CT molecular complexity index is 211. The fourth-order valence-electron chi connectivity index (χ4n) is 1.59. The summed E-state index contributed by atoms with van der Waals surface area (Å²) in [6, 6.07) is 0.0185. The molecule has 0 spiro atoms. The number of carbonyl (C=O) groups excluding carboxylic acids is 1. The lowest BCUT2D eigenvalue weighted by Crippen LogP contribution is -2.23. The molecule has 0 fully saturated rings. The van der Waals surface area contributed by atoms with Gasteiger partial charge in [0.05, 0.1) is 0 Å². The maximum atomic E-state index is 10.2. The Balaban J connectivity index is 4.31. The van der Waals surface area contributed by atoms with Gasteiger partial charge in [-0.05, 0) is 23.8 Å². The lowest BCUT2D eigenvalue weighted by molar-refractivity contribution is -0.108. The molecule has 4 heteroatoms.